The molecule has 30 heavy (non-hydrogen) atoms. The predicted octanol–water partition coefficient (Wildman–Crippen LogP) is 4.91. The van der Waals surface area contributed by atoms with Crippen LogP contribution in [0.4, 0.5) is 0 Å². The maximum atomic E-state index is 10.00. The summed E-state index contributed by atoms with van der Waals surface area (Å²) in [5.74, 6) is 0. The van der Waals surface area contributed by atoms with Crippen LogP contribution in [-0.2, 0) is 9.47 Å². The van der Waals surface area contributed by atoms with Gasteiger partial charge in [-0.1, -0.05) is 96.1 Å². The Hall–Kier alpha value is -0.460. The first kappa shape index (κ1) is 27.6. The van der Waals surface area contributed by atoms with E-state index in [2.05, 4.69) is 19.1 Å². The van der Waals surface area contributed by atoms with Gasteiger partial charge in [0.2, 0.25) is 0 Å². The molecule has 0 unspecified atom stereocenters. The monoisotopic (exact) mass is 428 g/mol. The van der Waals surface area contributed by atoms with Crippen molar-refractivity contribution >= 4 is 0 Å². The highest BCUT2D eigenvalue weighted by molar-refractivity contribution is 4.88. The Kier molecular flexibility index (Phi) is 17.7. The summed E-state index contributed by atoms with van der Waals surface area (Å²) in [6, 6.07) is 0. The van der Waals surface area contributed by atoms with Gasteiger partial charge in [-0.2, -0.15) is 0 Å². The van der Waals surface area contributed by atoms with Gasteiger partial charge < -0.3 is 24.8 Å². The van der Waals surface area contributed by atoms with Gasteiger partial charge in [-0.05, 0) is 19.3 Å². The molecule has 0 radical (unpaired) electrons. The summed E-state index contributed by atoms with van der Waals surface area (Å²) < 4.78 is 11.0. The first-order valence-corrected chi connectivity index (χ1v) is 12.6. The van der Waals surface area contributed by atoms with E-state index in [4.69, 9.17) is 9.47 Å². The number of rotatable bonds is 19. The Morgan fingerprint density at radius 3 is 1.90 bits per heavy atom. The molecule has 0 amide bonds. The molecular weight excluding hydrogens is 380 g/mol. The summed E-state index contributed by atoms with van der Waals surface area (Å²) in [7, 11) is 0. The summed E-state index contributed by atoms with van der Waals surface area (Å²) in [5, 5.41) is 29.0. The summed E-state index contributed by atoms with van der Waals surface area (Å²) in [6.07, 6.45) is 20.9. The standard InChI is InChI=1S/C25H48O5/c1-2-3-4-5-6-7-8-9-10-11-12-13-14-15-16-17-18-19-29-25-23(20-26)30-21-22(27)24(25)28/h16-17,22-28H,2-15,18-21H2,1H3/b17-16+/t22-,23+,24+,25+/m0/s1. The van der Waals surface area contributed by atoms with E-state index in [-0.39, 0.29) is 13.2 Å². The molecule has 0 aromatic rings. The van der Waals surface area contributed by atoms with Crippen LogP contribution in [0.2, 0.25) is 0 Å². The van der Waals surface area contributed by atoms with Gasteiger partial charge in [0.05, 0.1) is 19.8 Å². The molecule has 178 valence electrons. The fraction of sp³-hybridized carbons (Fsp3) is 0.920. The molecule has 3 N–H and O–H groups in total. The predicted molar refractivity (Wildman–Crippen MR) is 123 cm³/mol. The lowest BCUT2D eigenvalue weighted by Crippen LogP contribution is -2.55. The molecule has 1 heterocycles. The Morgan fingerprint density at radius 1 is 0.800 bits per heavy atom. The number of ether oxygens (including phenoxy) is 2. The molecule has 1 aliphatic heterocycles. The second-order valence-electron chi connectivity index (χ2n) is 8.74. The molecule has 0 bridgehead atoms. The molecule has 4 atom stereocenters. The van der Waals surface area contributed by atoms with Crippen molar-refractivity contribution in [2.24, 2.45) is 0 Å². The van der Waals surface area contributed by atoms with Crippen LogP contribution < -0.4 is 0 Å². The highest BCUT2D eigenvalue weighted by Gasteiger charge is 2.39. The van der Waals surface area contributed by atoms with Crippen LogP contribution in [0.25, 0.3) is 0 Å². The minimum absolute atomic E-state index is 0.0330. The number of aliphatic hydroxyl groups excluding tert-OH is 3. The lowest BCUT2D eigenvalue weighted by molar-refractivity contribution is -0.211. The van der Waals surface area contributed by atoms with Crippen LogP contribution in [-0.4, -0.2) is 59.6 Å². The zero-order chi connectivity index (χ0) is 21.9. The number of hydrogen-bond acceptors (Lipinski definition) is 5. The van der Waals surface area contributed by atoms with Crippen molar-refractivity contribution in [2.75, 3.05) is 19.8 Å². The molecule has 0 saturated carbocycles. The molecule has 0 aliphatic carbocycles. The lowest BCUT2D eigenvalue weighted by atomic mass is 10.0. The van der Waals surface area contributed by atoms with Gasteiger partial charge >= 0.3 is 0 Å². The Morgan fingerprint density at radius 2 is 1.33 bits per heavy atom. The maximum absolute atomic E-state index is 10.00. The average molecular weight is 429 g/mol. The third-order valence-corrected chi connectivity index (χ3v) is 5.99. The second kappa shape index (κ2) is 19.2. The topological polar surface area (TPSA) is 79.2 Å². The van der Waals surface area contributed by atoms with Crippen molar-refractivity contribution in [1.82, 2.24) is 0 Å². The molecular formula is C25H48O5. The van der Waals surface area contributed by atoms with E-state index in [1.54, 1.807) is 0 Å². The van der Waals surface area contributed by atoms with Crippen molar-refractivity contribution in [3.8, 4) is 0 Å². The zero-order valence-electron chi connectivity index (χ0n) is 19.4. The number of allylic oxidation sites excluding steroid dienone is 1. The Balaban J connectivity index is 1.87. The van der Waals surface area contributed by atoms with E-state index in [1.165, 1.54) is 83.5 Å². The summed E-state index contributed by atoms with van der Waals surface area (Å²) in [4.78, 5) is 0. The van der Waals surface area contributed by atoms with Crippen molar-refractivity contribution in [2.45, 2.75) is 128 Å². The van der Waals surface area contributed by atoms with Crippen molar-refractivity contribution < 1.29 is 24.8 Å². The van der Waals surface area contributed by atoms with Gasteiger partial charge in [-0.25, -0.2) is 0 Å². The lowest BCUT2D eigenvalue weighted by Gasteiger charge is -2.37. The van der Waals surface area contributed by atoms with Crippen LogP contribution >= 0.6 is 0 Å². The molecule has 0 aromatic heterocycles. The van der Waals surface area contributed by atoms with Gasteiger partial charge in [0.15, 0.2) is 0 Å². The first-order chi connectivity index (χ1) is 14.7. The SMILES string of the molecule is CCCCCCCCCCCCCCC/C=C/CCO[C@H]1[C@H](O)[C@@H](O)CO[C@@H]1CO. The van der Waals surface area contributed by atoms with Crippen LogP contribution in [0, 0.1) is 0 Å². The highest BCUT2D eigenvalue weighted by atomic mass is 16.6. The van der Waals surface area contributed by atoms with E-state index >= 15 is 0 Å². The molecule has 1 saturated heterocycles. The molecule has 1 aliphatic rings. The van der Waals surface area contributed by atoms with E-state index in [0.29, 0.717) is 6.61 Å². The van der Waals surface area contributed by atoms with Gasteiger partial charge in [0.1, 0.15) is 24.4 Å². The van der Waals surface area contributed by atoms with E-state index < -0.39 is 24.4 Å². The second-order valence-corrected chi connectivity index (χ2v) is 8.74. The van der Waals surface area contributed by atoms with Crippen molar-refractivity contribution in [3.05, 3.63) is 12.2 Å². The average Bonchev–Trinajstić information content (AvgIpc) is 2.75. The van der Waals surface area contributed by atoms with Crippen LogP contribution in [0.5, 0.6) is 0 Å². The number of hydrogen-bond donors (Lipinski definition) is 3. The molecule has 0 aromatic carbocycles. The third-order valence-electron chi connectivity index (χ3n) is 5.99. The summed E-state index contributed by atoms with van der Waals surface area (Å²) in [6.45, 7) is 2.53. The van der Waals surface area contributed by atoms with Gasteiger partial charge in [-0.3, -0.25) is 0 Å². The van der Waals surface area contributed by atoms with Crippen LogP contribution in [0.15, 0.2) is 12.2 Å². The van der Waals surface area contributed by atoms with Crippen molar-refractivity contribution in [3.63, 3.8) is 0 Å². The van der Waals surface area contributed by atoms with Gasteiger partial charge in [0.25, 0.3) is 0 Å². The maximum Gasteiger partial charge on any atom is 0.114 e. The molecule has 5 nitrogen and oxygen atoms in total. The minimum Gasteiger partial charge on any atom is -0.394 e. The van der Waals surface area contributed by atoms with Crippen LogP contribution in [0.1, 0.15) is 103 Å². The number of unbranched alkanes of at least 4 members (excludes halogenated alkanes) is 13. The molecule has 1 fully saturated rings. The van der Waals surface area contributed by atoms with E-state index in [1.807, 2.05) is 0 Å². The normalized spacial score (nSPS) is 24.7. The summed E-state index contributed by atoms with van der Waals surface area (Å²) in [5.41, 5.74) is 0. The first-order valence-electron chi connectivity index (χ1n) is 12.6. The third kappa shape index (κ3) is 13.1. The molecule has 1 rings (SSSR count). The van der Waals surface area contributed by atoms with E-state index in [9.17, 15) is 15.3 Å². The Bertz CT molecular complexity index is 399. The Labute approximate surface area is 184 Å². The molecule has 0 spiro atoms. The van der Waals surface area contributed by atoms with Gasteiger partial charge in [0, 0.05) is 0 Å². The fourth-order valence-corrected chi connectivity index (χ4v) is 4.00. The summed E-state index contributed by atoms with van der Waals surface area (Å²) >= 11 is 0. The minimum atomic E-state index is -1.01. The van der Waals surface area contributed by atoms with Crippen molar-refractivity contribution in [1.29, 1.82) is 0 Å². The van der Waals surface area contributed by atoms with Crippen LogP contribution in [0.3, 0.4) is 0 Å². The zero-order valence-corrected chi connectivity index (χ0v) is 19.4. The highest BCUT2D eigenvalue weighted by Crippen LogP contribution is 2.19. The fourth-order valence-electron chi connectivity index (χ4n) is 4.00. The quantitative estimate of drug-likeness (QED) is 0.201. The smallest absolute Gasteiger partial charge is 0.114 e. The largest absolute Gasteiger partial charge is 0.394 e. The van der Waals surface area contributed by atoms with E-state index in [0.717, 1.165) is 12.8 Å². The van der Waals surface area contributed by atoms with Gasteiger partial charge in [-0.15, -0.1) is 0 Å². The molecule has 5 heteroatoms. The number of aliphatic hydroxyl groups is 3.